The van der Waals surface area contributed by atoms with Crippen molar-refractivity contribution >= 4 is 22.5 Å². The molecule has 2 unspecified atom stereocenters. The zero-order valence-corrected chi connectivity index (χ0v) is 21.9. The number of benzene rings is 1. The van der Waals surface area contributed by atoms with Gasteiger partial charge in [-0.1, -0.05) is 18.2 Å². The van der Waals surface area contributed by atoms with Crippen LogP contribution in [0.4, 0.5) is 19.0 Å². The van der Waals surface area contributed by atoms with Gasteiger partial charge in [0.2, 0.25) is 5.82 Å². The first-order valence-electron chi connectivity index (χ1n) is 12.6. The fourth-order valence-electron chi connectivity index (χ4n) is 5.52. The number of fused-ring (bicyclic) bond motifs is 4. The minimum Gasteiger partial charge on any atom is -0.351 e. The summed E-state index contributed by atoms with van der Waals surface area (Å²) < 4.78 is 56.5. The summed E-state index contributed by atoms with van der Waals surface area (Å²) >= 11 is 0. The Morgan fingerprint density at radius 2 is 1.95 bits per heavy atom. The van der Waals surface area contributed by atoms with Gasteiger partial charge in [-0.2, -0.15) is 13.2 Å². The first kappa shape index (κ1) is 25.0. The highest BCUT2D eigenvalue weighted by Gasteiger charge is 2.38. The highest BCUT2D eigenvalue weighted by molar-refractivity contribution is 7.82. The molecule has 2 aliphatic heterocycles. The predicted molar refractivity (Wildman–Crippen MR) is 138 cm³/mol. The van der Waals surface area contributed by atoms with Gasteiger partial charge in [-0.25, -0.2) is 13.5 Å². The van der Waals surface area contributed by atoms with Crippen molar-refractivity contribution in [3.63, 3.8) is 0 Å². The number of halogens is 3. The lowest BCUT2D eigenvalue weighted by Gasteiger charge is -2.26. The molecule has 6 rings (SSSR count). The molecule has 11 heteroatoms. The summed E-state index contributed by atoms with van der Waals surface area (Å²) in [4.78, 5) is 7.62. The van der Waals surface area contributed by atoms with E-state index in [2.05, 4.69) is 32.2 Å². The molecule has 0 spiro atoms. The summed E-state index contributed by atoms with van der Waals surface area (Å²) in [7, 11) is -1.34. The third-order valence-corrected chi connectivity index (χ3v) is 9.03. The van der Waals surface area contributed by atoms with Crippen molar-refractivity contribution in [2.45, 2.75) is 56.8 Å². The van der Waals surface area contributed by atoms with Crippen molar-refractivity contribution < 1.29 is 17.4 Å². The molecule has 0 saturated carbocycles. The van der Waals surface area contributed by atoms with Gasteiger partial charge in [0.25, 0.3) is 0 Å². The molecule has 0 amide bonds. The lowest BCUT2D eigenvalue weighted by atomic mass is 9.98. The Morgan fingerprint density at radius 3 is 2.76 bits per heavy atom. The number of aromatic nitrogens is 4. The first-order chi connectivity index (χ1) is 18.2. The summed E-state index contributed by atoms with van der Waals surface area (Å²) in [5, 5.41) is 7.17. The summed E-state index contributed by atoms with van der Waals surface area (Å²) in [6.07, 6.45) is 1.25. The topological polar surface area (TPSA) is 66.6 Å². The van der Waals surface area contributed by atoms with Crippen LogP contribution in [-0.2, 0) is 30.1 Å². The highest BCUT2D eigenvalue weighted by atomic mass is 32.2. The maximum Gasteiger partial charge on any atom is 0.452 e. The molecule has 0 bridgehead atoms. The number of rotatable bonds is 4. The van der Waals surface area contributed by atoms with E-state index in [0.29, 0.717) is 25.1 Å². The fourth-order valence-corrected chi connectivity index (χ4v) is 6.89. The molecule has 4 aromatic rings. The molecule has 0 aliphatic carbocycles. The smallest absolute Gasteiger partial charge is 0.351 e. The Balaban J connectivity index is 1.28. The van der Waals surface area contributed by atoms with Crippen molar-refractivity contribution in [3.05, 3.63) is 82.4 Å². The molecular formula is C27H27F3N6OS. The predicted octanol–water partition coefficient (Wildman–Crippen LogP) is 4.86. The van der Waals surface area contributed by atoms with E-state index in [4.69, 9.17) is 0 Å². The van der Waals surface area contributed by atoms with Crippen LogP contribution in [0, 0.1) is 13.8 Å². The van der Waals surface area contributed by atoms with E-state index >= 15 is 0 Å². The number of anilines is 1. The molecule has 3 aromatic heterocycles. The molecule has 1 saturated heterocycles. The minimum atomic E-state index is -4.57. The largest absolute Gasteiger partial charge is 0.452 e. The van der Waals surface area contributed by atoms with E-state index in [1.165, 1.54) is 6.20 Å². The monoisotopic (exact) mass is 540 g/mol. The number of pyridine rings is 2. The molecule has 5 heterocycles. The number of aryl methyl sites for hydroxylation is 2. The van der Waals surface area contributed by atoms with Crippen LogP contribution in [0.15, 0.2) is 53.7 Å². The van der Waals surface area contributed by atoms with Crippen LogP contribution in [0.5, 0.6) is 0 Å². The van der Waals surface area contributed by atoms with Gasteiger partial charge in [0.05, 0.1) is 4.90 Å². The summed E-state index contributed by atoms with van der Waals surface area (Å²) in [5.41, 5.74) is 4.96. The minimum absolute atomic E-state index is 0.204. The zero-order chi connectivity index (χ0) is 26.6. The molecule has 1 aromatic carbocycles. The molecule has 198 valence electrons. The lowest BCUT2D eigenvalue weighted by molar-refractivity contribution is -0.145. The van der Waals surface area contributed by atoms with Crippen molar-refractivity contribution in [2.75, 3.05) is 18.0 Å². The molecule has 1 fully saturated rings. The van der Waals surface area contributed by atoms with E-state index < -0.39 is 23.0 Å². The Bertz CT molecular complexity index is 1550. The maximum atomic E-state index is 13.7. The lowest BCUT2D eigenvalue weighted by Crippen LogP contribution is -2.38. The van der Waals surface area contributed by atoms with Gasteiger partial charge in [0.15, 0.2) is 5.65 Å². The van der Waals surface area contributed by atoms with Crippen molar-refractivity contribution in [1.82, 2.24) is 23.9 Å². The van der Waals surface area contributed by atoms with Gasteiger partial charge in [0, 0.05) is 38.1 Å². The van der Waals surface area contributed by atoms with Crippen LogP contribution in [0.1, 0.15) is 46.5 Å². The number of nitrogens with zero attached hydrogens (tertiary/aromatic N) is 6. The average molecular weight is 541 g/mol. The van der Waals surface area contributed by atoms with E-state index in [1.54, 1.807) is 19.2 Å². The van der Waals surface area contributed by atoms with Crippen molar-refractivity contribution in [1.29, 1.82) is 0 Å². The Labute approximate surface area is 220 Å². The van der Waals surface area contributed by atoms with Gasteiger partial charge in [-0.05, 0) is 79.1 Å². The Morgan fingerprint density at radius 1 is 1.11 bits per heavy atom. The normalized spacial score (nSPS) is 20.0. The Kier molecular flexibility index (Phi) is 6.22. The van der Waals surface area contributed by atoms with Crippen LogP contribution in [0.3, 0.4) is 0 Å². The Hall–Kier alpha value is -3.31. The van der Waals surface area contributed by atoms with Gasteiger partial charge < -0.3 is 4.90 Å². The van der Waals surface area contributed by atoms with Gasteiger partial charge in [-0.3, -0.25) is 4.40 Å². The second kappa shape index (κ2) is 9.46. The highest BCUT2D eigenvalue weighted by Crippen LogP contribution is 2.35. The summed E-state index contributed by atoms with van der Waals surface area (Å²) in [5.74, 6) is -0.197. The third kappa shape index (κ3) is 4.37. The van der Waals surface area contributed by atoms with Crippen molar-refractivity contribution in [2.24, 2.45) is 0 Å². The van der Waals surface area contributed by atoms with Crippen molar-refractivity contribution in [3.8, 4) is 0 Å². The maximum absolute atomic E-state index is 13.7. The SMILES string of the molecule is Cc1ccc(Cc2ccn3c(C(F)(F)F)nnc3c2C)cc1CN1CC2CCCN2c2ncccc2S1=O. The van der Waals surface area contributed by atoms with Crippen LogP contribution in [-0.4, -0.2) is 47.2 Å². The van der Waals surface area contributed by atoms with E-state index in [-0.39, 0.29) is 11.7 Å². The first-order valence-corrected chi connectivity index (χ1v) is 13.7. The van der Waals surface area contributed by atoms with Crippen LogP contribution in [0.2, 0.25) is 0 Å². The average Bonchev–Trinajstić information content (AvgIpc) is 3.52. The van der Waals surface area contributed by atoms with Gasteiger partial charge >= 0.3 is 6.18 Å². The molecule has 2 aliphatic rings. The van der Waals surface area contributed by atoms with Crippen LogP contribution < -0.4 is 4.90 Å². The van der Waals surface area contributed by atoms with Gasteiger partial charge in [0.1, 0.15) is 16.8 Å². The van der Waals surface area contributed by atoms with Gasteiger partial charge in [-0.15, -0.1) is 10.2 Å². The fraction of sp³-hybridized carbons (Fsp3) is 0.370. The van der Waals surface area contributed by atoms with Crippen LogP contribution in [0.25, 0.3) is 5.65 Å². The van der Waals surface area contributed by atoms with E-state index in [0.717, 1.165) is 56.8 Å². The van der Waals surface area contributed by atoms with E-state index in [9.17, 15) is 17.4 Å². The molecule has 0 N–H and O–H groups in total. The second-order valence-corrected chi connectivity index (χ2v) is 11.5. The summed E-state index contributed by atoms with van der Waals surface area (Å²) in [6, 6.07) is 11.9. The second-order valence-electron chi connectivity index (χ2n) is 10.0. The zero-order valence-electron chi connectivity index (χ0n) is 21.1. The van der Waals surface area contributed by atoms with Crippen LogP contribution >= 0.6 is 0 Å². The standard InChI is InChI=1S/C27H27F3N6OS/c1-17-7-8-19(13-20-9-12-36-24(18(20)2)32-33-26(36)27(28,29)30)14-21(17)15-34-16-22-5-4-11-35(22)25-23(38(34)37)6-3-10-31-25/h3,6-10,12,14,22H,4-5,11,13,15-16H2,1-2H3. The number of alkyl halides is 3. The summed E-state index contributed by atoms with van der Waals surface area (Å²) in [6.45, 7) is 5.96. The van der Waals surface area contributed by atoms with E-state index in [1.807, 2.05) is 29.4 Å². The molecule has 0 radical (unpaired) electrons. The quantitative estimate of drug-likeness (QED) is 0.370. The number of hydrogen-bond donors (Lipinski definition) is 0. The number of hydrogen-bond acceptors (Lipinski definition) is 5. The molecule has 2 atom stereocenters. The third-order valence-electron chi connectivity index (χ3n) is 7.58. The molecule has 38 heavy (non-hydrogen) atoms. The molecule has 7 nitrogen and oxygen atoms in total. The molecular weight excluding hydrogens is 513 g/mol.